The Morgan fingerprint density at radius 2 is 1.95 bits per heavy atom. The van der Waals surface area contributed by atoms with Crippen LogP contribution < -0.4 is 10.2 Å². The maximum absolute atomic E-state index is 12.5. The minimum atomic E-state index is -0.106. The van der Waals surface area contributed by atoms with Crippen LogP contribution in [-0.2, 0) is 4.79 Å². The Bertz CT molecular complexity index is 401. The van der Waals surface area contributed by atoms with Crippen molar-refractivity contribution in [2.75, 3.05) is 37.6 Å². The fourth-order valence-corrected chi connectivity index (χ4v) is 2.58. The van der Waals surface area contributed by atoms with Gasteiger partial charge in [-0.2, -0.15) is 0 Å². The first-order chi connectivity index (χ1) is 9.24. The topological polar surface area (TPSA) is 35.6 Å². The van der Waals surface area contributed by atoms with E-state index in [4.69, 9.17) is 0 Å². The first-order valence-corrected chi connectivity index (χ1v) is 7.05. The number of hydrogen-bond donors (Lipinski definition) is 1. The largest absolute Gasteiger partial charge is 0.360 e. The van der Waals surface area contributed by atoms with Crippen molar-refractivity contribution in [1.29, 1.82) is 0 Å². The molecule has 1 fully saturated rings. The first kappa shape index (κ1) is 13.9. The summed E-state index contributed by atoms with van der Waals surface area (Å²) in [5.41, 5.74) is 1.11. The van der Waals surface area contributed by atoms with E-state index < -0.39 is 0 Å². The first-order valence-electron chi connectivity index (χ1n) is 7.05. The normalized spacial score (nSPS) is 17.1. The molecule has 1 saturated heterocycles. The van der Waals surface area contributed by atoms with Crippen LogP contribution in [0.15, 0.2) is 30.3 Å². The highest BCUT2D eigenvalue weighted by molar-refractivity contribution is 5.85. The molecule has 4 heteroatoms. The number of nitrogens with one attached hydrogen (secondary N) is 1. The van der Waals surface area contributed by atoms with Crippen molar-refractivity contribution in [2.45, 2.75) is 19.9 Å². The van der Waals surface area contributed by atoms with Gasteiger partial charge in [0, 0.05) is 38.4 Å². The number of likely N-dealkylation sites (N-methyl/N-ethyl adjacent to an activating group) is 1. The van der Waals surface area contributed by atoms with Gasteiger partial charge < -0.3 is 15.1 Å². The number of amides is 1. The van der Waals surface area contributed by atoms with Gasteiger partial charge in [-0.3, -0.25) is 4.79 Å². The number of nitrogens with zero attached hydrogens (tertiary/aromatic N) is 2. The zero-order valence-electron chi connectivity index (χ0n) is 11.8. The van der Waals surface area contributed by atoms with E-state index in [1.165, 1.54) is 0 Å². The van der Waals surface area contributed by atoms with Crippen molar-refractivity contribution < 1.29 is 4.79 Å². The minimum absolute atomic E-state index is 0.106. The van der Waals surface area contributed by atoms with E-state index in [1.54, 1.807) is 0 Å². The van der Waals surface area contributed by atoms with Crippen molar-refractivity contribution in [2.24, 2.45) is 0 Å². The van der Waals surface area contributed by atoms with Crippen LogP contribution in [0.3, 0.4) is 0 Å². The molecule has 1 N–H and O–H groups in total. The van der Waals surface area contributed by atoms with Crippen LogP contribution in [-0.4, -0.2) is 49.6 Å². The Morgan fingerprint density at radius 1 is 1.32 bits per heavy atom. The Labute approximate surface area is 115 Å². The zero-order valence-corrected chi connectivity index (χ0v) is 11.8. The van der Waals surface area contributed by atoms with Crippen LogP contribution in [0.5, 0.6) is 0 Å². The summed E-state index contributed by atoms with van der Waals surface area (Å²) in [7, 11) is 0. The summed E-state index contributed by atoms with van der Waals surface area (Å²) in [6.45, 7) is 8.36. The summed E-state index contributed by atoms with van der Waals surface area (Å²) < 4.78 is 0. The van der Waals surface area contributed by atoms with Crippen LogP contribution in [0.2, 0.25) is 0 Å². The van der Waals surface area contributed by atoms with Gasteiger partial charge in [0.15, 0.2) is 0 Å². The van der Waals surface area contributed by atoms with Gasteiger partial charge in [-0.15, -0.1) is 0 Å². The molecule has 1 atom stereocenters. The summed E-state index contributed by atoms with van der Waals surface area (Å²) in [5.74, 6) is 0.229. The van der Waals surface area contributed by atoms with Gasteiger partial charge in [-0.1, -0.05) is 18.2 Å². The van der Waals surface area contributed by atoms with E-state index in [2.05, 4.69) is 29.3 Å². The summed E-state index contributed by atoms with van der Waals surface area (Å²) >= 11 is 0. The molecule has 1 amide bonds. The average molecular weight is 261 g/mol. The monoisotopic (exact) mass is 261 g/mol. The molecule has 0 aliphatic carbocycles. The van der Waals surface area contributed by atoms with Crippen LogP contribution in [0.25, 0.3) is 0 Å². The van der Waals surface area contributed by atoms with E-state index in [0.717, 1.165) is 38.4 Å². The lowest BCUT2D eigenvalue weighted by Gasteiger charge is -2.35. The molecule has 4 nitrogen and oxygen atoms in total. The highest BCUT2D eigenvalue weighted by Crippen LogP contribution is 2.17. The van der Waals surface area contributed by atoms with Crippen LogP contribution in [0, 0.1) is 0 Å². The fourth-order valence-electron chi connectivity index (χ4n) is 2.58. The van der Waals surface area contributed by atoms with E-state index in [0.29, 0.717) is 0 Å². The summed E-state index contributed by atoms with van der Waals surface area (Å²) in [6.07, 6.45) is 0. The molecule has 0 bridgehead atoms. The van der Waals surface area contributed by atoms with Crippen molar-refractivity contribution in [3.63, 3.8) is 0 Å². The highest BCUT2D eigenvalue weighted by atomic mass is 16.2. The molecule has 0 aromatic heterocycles. The zero-order chi connectivity index (χ0) is 13.7. The van der Waals surface area contributed by atoms with Gasteiger partial charge in [0.25, 0.3) is 0 Å². The molecule has 2 rings (SSSR count). The molecule has 1 unspecified atom stereocenters. The molecule has 1 aromatic rings. The van der Waals surface area contributed by atoms with E-state index >= 15 is 0 Å². The number of anilines is 1. The molecule has 1 aromatic carbocycles. The Morgan fingerprint density at radius 3 is 2.53 bits per heavy atom. The standard InChI is InChI=1S/C15H23N3O/c1-3-18(14-7-5-4-6-8-14)13(2)15(19)17-11-9-16-10-12-17/h4-8,13,16H,3,9-12H2,1-2H3. The molecule has 19 heavy (non-hydrogen) atoms. The van der Waals surface area contributed by atoms with Gasteiger partial charge in [0.1, 0.15) is 6.04 Å². The quantitative estimate of drug-likeness (QED) is 0.888. The molecular weight excluding hydrogens is 238 g/mol. The highest BCUT2D eigenvalue weighted by Gasteiger charge is 2.26. The second-order valence-corrected chi connectivity index (χ2v) is 4.87. The average Bonchev–Trinajstić information content (AvgIpc) is 2.49. The van der Waals surface area contributed by atoms with E-state index in [9.17, 15) is 4.79 Å². The molecular formula is C15H23N3O. The SMILES string of the molecule is CCN(c1ccccc1)C(C)C(=O)N1CCNCC1. The predicted octanol–water partition coefficient (Wildman–Crippen LogP) is 1.33. The van der Waals surface area contributed by atoms with Crippen LogP contribution in [0.1, 0.15) is 13.8 Å². The lowest BCUT2D eigenvalue weighted by molar-refractivity contribution is -0.132. The fraction of sp³-hybridized carbons (Fsp3) is 0.533. The van der Waals surface area contributed by atoms with E-state index in [-0.39, 0.29) is 11.9 Å². The molecule has 0 saturated carbocycles. The van der Waals surface area contributed by atoms with Gasteiger partial charge in [0.05, 0.1) is 0 Å². The van der Waals surface area contributed by atoms with Gasteiger partial charge in [-0.05, 0) is 26.0 Å². The van der Waals surface area contributed by atoms with Crippen molar-refractivity contribution in [3.8, 4) is 0 Å². The number of rotatable bonds is 4. The number of carbonyl (C=O) groups excluding carboxylic acids is 1. The second-order valence-electron chi connectivity index (χ2n) is 4.87. The van der Waals surface area contributed by atoms with Gasteiger partial charge in [-0.25, -0.2) is 0 Å². The van der Waals surface area contributed by atoms with Crippen molar-refractivity contribution in [3.05, 3.63) is 30.3 Å². The Kier molecular flexibility index (Phi) is 4.80. The minimum Gasteiger partial charge on any atom is -0.360 e. The number of benzene rings is 1. The maximum atomic E-state index is 12.5. The summed E-state index contributed by atoms with van der Waals surface area (Å²) in [6, 6.07) is 10.0. The van der Waals surface area contributed by atoms with Gasteiger partial charge in [0.2, 0.25) is 5.91 Å². The van der Waals surface area contributed by atoms with Crippen LogP contribution in [0.4, 0.5) is 5.69 Å². The lowest BCUT2D eigenvalue weighted by Crippen LogP contribution is -2.53. The third kappa shape index (κ3) is 3.26. The predicted molar refractivity (Wildman–Crippen MR) is 78.4 cm³/mol. The van der Waals surface area contributed by atoms with E-state index in [1.807, 2.05) is 30.0 Å². The molecule has 104 valence electrons. The smallest absolute Gasteiger partial charge is 0.245 e. The number of piperazine rings is 1. The molecule has 0 spiro atoms. The van der Waals surface area contributed by atoms with Crippen molar-refractivity contribution in [1.82, 2.24) is 10.2 Å². The van der Waals surface area contributed by atoms with Crippen LogP contribution >= 0.6 is 0 Å². The third-order valence-corrected chi connectivity index (χ3v) is 3.68. The molecule has 1 aliphatic heterocycles. The second kappa shape index (κ2) is 6.57. The molecule has 1 aliphatic rings. The Hall–Kier alpha value is -1.55. The maximum Gasteiger partial charge on any atom is 0.245 e. The number of carbonyl (C=O) groups is 1. The number of para-hydroxylation sites is 1. The number of hydrogen-bond acceptors (Lipinski definition) is 3. The Balaban J connectivity index is 2.07. The summed E-state index contributed by atoms with van der Waals surface area (Å²) in [4.78, 5) is 16.7. The van der Waals surface area contributed by atoms with Crippen molar-refractivity contribution >= 4 is 11.6 Å². The lowest BCUT2D eigenvalue weighted by atomic mass is 10.2. The third-order valence-electron chi connectivity index (χ3n) is 3.68. The molecule has 1 heterocycles. The van der Waals surface area contributed by atoms with Gasteiger partial charge >= 0.3 is 0 Å². The summed E-state index contributed by atoms with van der Waals surface area (Å²) in [5, 5.41) is 3.28. The molecule has 0 radical (unpaired) electrons.